The summed E-state index contributed by atoms with van der Waals surface area (Å²) in [7, 11) is 0. The maximum atomic E-state index is 12.0. The highest BCUT2D eigenvalue weighted by Crippen LogP contribution is 2.34. The summed E-state index contributed by atoms with van der Waals surface area (Å²) < 4.78 is 5.65. The van der Waals surface area contributed by atoms with E-state index >= 15 is 0 Å². The molecule has 0 saturated heterocycles. The van der Waals surface area contributed by atoms with E-state index in [1.54, 1.807) is 36.4 Å². The van der Waals surface area contributed by atoms with E-state index in [0.29, 0.717) is 37.7 Å². The van der Waals surface area contributed by atoms with Crippen LogP contribution in [-0.2, 0) is 0 Å². The van der Waals surface area contributed by atoms with Crippen LogP contribution in [0.2, 0.25) is 20.1 Å². The van der Waals surface area contributed by atoms with E-state index in [1.165, 1.54) is 18.3 Å². The molecule has 2 aromatic carbocycles. The summed E-state index contributed by atoms with van der Waals surface area (Å²) >= 11 is 23.9. The van der Waals surface area contributed by atoms with Gasteiger partial charge in [-0.3, -0.25) is 4.79 Å². The van der Waals surface area contributed by atoms with Crippen LogP contribution in [0.15, 0.2) is 58.0 Å². The fraction of sp³-hybridized carbons (Fsp3) is 0. The molecule has 1 N–H and O–H groups in total. The van der Waals surface area contributed by atoms with E-state index in [4.69, 9.17) is 50.8 Å². The fourth-order valence-electron chi connectivity index (χ4n) is 2.12. The summed E-state index contributed by atoms with van der Waals surface area (Å²) in [4.78, 5) is 12.0. The van der Waals surface area contributed by atoms with Gasteiger partial charge in [-0.1, -0.05) is 52.5 Å². The van der Waals surface area contributed by atoms with Gasteiger partial charge in [0.15, 0.2) is 0 Å². The van der Waals surface area contributed by atoms with Crippen molar-refractivity contribution < 1.29 is 9.21 Å². The molecule has 0 atom stereocenters. The molecule has 0 bridgehead atoms. The van der Waals surface area contributed by atoms with E-state index < -0.39 is 5.91 Å². The van der Waals surface area contributed by atoms with Gasteiger partial charge in [0.1, 0.15) is 11.5 Å². The number of rotatable bonds is 4. The normalized spacial score (nSPS) is 11.1. The van der Waals surface area contributed by atoms with Crippen molar-refractivity contribution >= 4 is 58.5 Å². The summed E-state index contributed by atoms with van der Waals surface area (Å²) in [5, 5.41) is 5.36. The van der Waals surface area contributed by atoms with Crippen molar-refractivity contribution in [3.05, 3.63) is 79.9 Å². The van der Waals surface area contributed by atoms with Crippen molar-refractivity contribution in [3.63, 3.8) is 0 Å². The van der Waals surface area contributed by atoms with E-state index in [9.17, 15) is 4.79 Å². The number of nitrogens with one attached hydrogen (secondary N) is 1. The Hall–Kier alpha value is -1.98. The second kappa shape index (κ2) is 8.14. The summed E-state index contributed by atoms with van der Waals surface area (Å²) in [6, 6.07) is 13.2. The Balaban J connectivity index is 1.70. The molecule has 0 unspecified atom stereocenters. The molecule has 3 aromatic rings. The van der Waals surface area contributed by atoms with Crippen LogP contribution in [0.5, 0.6) is 0 Å². The molecule has 26 heavy (non-hydrogen) atoms. The lowest BCUT2D eigenvalue weighted by Gasteiger charge is -2.02. The van der Waals surface area contributed by atoms with Gasteiger partial charge in [-0.25, -0.2) is 5.43 Å². The first-order valence-corrected chi connectivity index (χ1v) is 8.79. The lowest BCUT2D eigenvalue weighted by Crippen LogP contribution is -2.17. The van der Waals surface area contributed by atoms with Crippen molar-refractivity contribution in [2.45, 2.75) is 0 Å². The third-order valence-corrected chi connectivity index (χ3v) is 4.94. The number of amides is 1. The number of hydrogen-bond acceptors (Lipinski definition) is 3. The van der Waals surface area contributed by atoms with Crippen LogP contribution in [0.1, 0.15) is 16.1 Å². The Kier molecular flexibility index (Phi) is 5.89. The average molecular weight is 428 g/mol. The summed E-state index contributed by atoms with van der Waals surface area (Å²) in [5.74, 6) is 0.546. The highest BCUT2D eigenvalue weighted by molar-refractivity contribution is 6.43. The van der Waals surface area contributed by atoms with Gasteiger partial charge in [0.2, 0.25) is 0 Å². The van der Waals surface area contributed by atoms with E-state index in [1.807, 2.05) is 0 Å². The molecule has 1 heterocycles. The molecule has 0 spiro atoms. The van der Waals surface area contributed by atoms with Crippen molar-refractivity contribution in [1.29, 1.82) is 0 Å². The molecule has 0 aliphatic carbocycles. The van der Waals surface area contributed by atoms with Crippen LogP contribution >= 0.6 is 46.4 Å². The Morgan fingerprint density at radius 2 is 1.77 bits per heavy atom. The van der Waals surface area contributed by atoms with Gasteiger partial charge in [-0.2, -0.15) is 5.10 Å². The zero-order chi connectivity index (χ0) is 18.7. The van der Waals surface area contributed by atoms with Crippen LogP contribution in [0.4, 0.5) is 0 Å². The topological polar surface area (TPSA) is 54.6 Å². The molecule has 0 aliphatic rings. The maximum Gasteiger partial charge on any atom is 0.271 e. The Morgan fingerprint density at radius 1 is 0.962 bits per heavy atom. The minimum atomic E-state index is -0.426. The number of hydrazone groups is 1. The largest absolute Gasteiger partial charge is 0.455 e. The Labute approximate surface area is 169 Å². The number of halogens is 4. The molecule has 4 nitrogen and oxygen atoms in total. The first-order valence-electron chi connectivity index (χ1n) is 7.28. The minimum absolute atomic E-state index is 0.289. The Morgan fingerprint density at radius 3 is 2.54 bits per heavy atom. The van der Waals surface area contributed by atoms with Crippen LogP contribution in [-0.4, -0.2) is 12.1 Å². The van der Waals surface area contributed by atoms with Crippen molar-refractivity contribution in [2.75, 3.05) is 0 Å². The number of furan rings is 1. The van der Waals surface area contributed by atoms with Gasteiger partial charge in [-0.05, 0) is 42.5 Å². The van der Waals surface area contributed by atoms with Gasteiger partial charge >= 0.3 is 0 Å². The quantitative estimate of drug-likeness (QED) is 0.391. The highest BCUT2D eigenvalue weighted by Gasteiger charge is 2.11. The van der Waals surface area contributed by atoms with Crippen molar-refractivity contribution in [1.82, 2.24) is 5.43 Å². The molecule has 132 valence electrons. The molecule has 1 aromatic heterocycles. The second-order valence-corrected chi connectivity index (χ2v) is 6.73. The fourth-order valence-corrected chi connectivity index (χ4v) is 2.81. The predicted octanol–water partition coefficient (Wildman–Crippen LogP) is 6.32. The number of carbonyl (C=O) groups excluding carboxylic acids is 1. The van der Waals surface area contributed by atoms with Crippen molar-refractivity contribution in [3.8, 4) is 11.3 Å². The third-order valence-electron chi connectivity index (χ3n) is 3.38. The minimum Gasteiger partial charge on any atom is -0.455 e. The van der Waals surface area contributed by atoms with Gasteiger partial charge in [0, 0.05) is 11.1 Å². The molecule has 0 fully saturated rings. The summed E-state index contributed by atoms with van der Waals surface area (Å²) in [5.41, 5.74) is 3.39. The van der Waals surface area contributed by atoms with Gasteiger partial charge in [0.25, 0.3) is 5.91 Å². The van der Waals surface area contributed by atoms with Crippen LogP contribution in [0, 0.1) is 0 Å². The van der Waals surface area contributed by atoms with E-state index in [-0.39, 0.29) is 5.02 Å². The number of carbonyl (C=O) groups is 1. The standard InChI is InChI=1S/C18H10Cl4N2O2/c19-13-6-4-10(8-15(13)21)18(25)24-23-9-11-5-7-16(26-11)12-2-1-3-14(20)17(12)22/h1-9H,(H,24,25)/b23-9-. The summed E-state index contributed by atoms with van der Waals surface area (Å²) in [6.45, 7) is 0. The van der Waals surface area contributed by atoms with Gasteiger partial charge < -0.3 is 4.42 Å². The lowest BCUT2D eigenvalue weighted by atomic mass is 10.2. The highest BCUT2D eigenvalue weighted by atomic mass is 35.5. The first-order chi connectivity index (χ1) is 12.5. The maximum absolute atomic E-state index is 12.0. The monoisotopic (exact) mass is 426 g/mol. The van der Waals surface area contributed by atoms with Crippen molar-refractivity contribution in [2.24, 2.45) is 5.10 Å². The molecule has 0 aliphatic heterocycles. The summed E-state index contributed by atoms with van der Waals surface area (Å²) in [6.07, 6.45) is 1.37. The zero-order valence-electron chi connectivity index (χ0n) is 13.0. The average Bonchev–Trinajstić information content (AvgIpc) is 3.08. The van der Waals surface area contributed by atoms with Gasteiger partial charge in [0.05, 0.1) is 26.3 Å². The van der Waals surface area contributed by atoms with Gasteiger partial charge in [-0.15, -0.1) is 0 Å². The molecular formula is C18H10Cl4N2O2. The number of hydrogen-bond donors (Lipinski definition) is 1. The number of benzene rings is 2. The van der Waals surface area contributed by atoms with Crippen LogP contribution in [0.25, 0.3) is 11.3 Å². The lowest BCUT2D eigenvalue weighted by molar-refractivity contribution is 0.0955. The van der Waals surface area contributed by atoms with Crippen LogP contribution < -0.4 is 5.43 Å². The SMILES string of the molecule is O=C(N/N=C\c1ccc(-c2cccc(Cl)c2Cl)o1)c1ccc(Cl)c(Cl)c1. The molecular weight excluding hydrogens is 418 g/mol. The second-order valence-electron chi connectivity index (χ2n) is 5.13. The van der Waals surface area contributed by atoms with Crippen LogP contribution in [0.3, 0.4) is 0 Å². The Bertz CT molecular complexity index is 999. The van der Waals surface area contributed by atoms with E-state index in [0.717, 1.165) is 0 Å². The molecule has 1 amide bonds. The smallest absolute Gasteiger partial charge is 0.271 e. The third kappa shape index (κ3) is 4.22. The number of nitrogens with zero attached hydrogens (tertiary/aromatic N) is 1. The van der Waals surface area contributed by atoms with E-state index in [2.05, 4.69) is 10.5 Å². The predicted molar refractivity (Wildman–Crippen MR) is 106 cm³/mol. The molecule has 8 heteroatoms. The first kappa shape index (κ1) is 18.8. The molecule has 0 saturated carbocycles. The molecule has 0 radical (unpaired) electrons. The molecule has 3 rings (SSSR count). The zero-order valence-corrected chi connectivity index (χ0v) is 16.0.